The smallest absolute Gasteiger partial charge is 0.239 e. The highest BCUT2D eigenvalue weighted by Crippen LogP contribution is 2.24. The number of hydrogen-bond acceptors (Lipinski definition) is 5. The molecule has 1 aromatic carbocycles. The monoisotopic (exact) mass is 332 g/mol. The van der Waals surface area contributed by atoms with Crippen molar-refractivity contribution in [1.29, 1.82) is 0 Å². The minimum absolute atomic E-state index is 0.0891. The van der Waals surface area contributed by atoms with Crippen molar-refractivity contribution in [3.8, 4) is 11.5 Å². The summed E-state index contributed by atoms with van der Waals surface area (Å²) < 4.78 is 15.5. The summed E-state index contributed by atoms with van der Waals surface area (Å²) in [6.07, 6.45) is 1.62. The van der Waals surface area contributed by atoms with Crippen molar-refractivity contribution in [2.75, 3.05) is 20.8 Å². The Morgan fingerprint density at radius 1 is 1.08 bits per heavy atom. The zero-order valence-corrected chi connectivity index (χ0v) is 13.6. The summed E-state index contributed by atoms with van der Waals surface area (Å²) >= 11 is 0. The third kappa shape index (κ3) is 5.05. The SMILES string of the molecule is COc1ccc(OC)c(CC(=O)NCC(=O)NCc2ccco2)c1. The average molecular weight is 332 g/mol. The molecule has 0 saturated heterocycles. The first-order chi connectivity index (χ1) is 11.6. The molecule has 2 aromatic rings. The van der Waals surface area contributed by atoms with Crippen LogP contribution in [-0.2, 0) is 22.6 Å². The zero-order valence-electron chi connectivity index (χ0n) is 13.6. The van der Waals surface area contributed by atoms with E-state index in [1.165, 1.54) is 13.4 Å². The number of amides is 2. The first-order valence-electron chi connectivity index (χ1n) is 7.39. The van der Waals surface area contributed by atoms with E-state index in [0.29, 0.717) is 22.8 Å². The molecule has 1 heterocycles. The fourth-order valence-electron chi connectivity index (χ4n) is 2.10. The highest BCUT2D eigenvalue weighted by atomic mass is 16.5. The van der Waals surface area contributed by atoms with Gasteiger partial charge in [0.25, 0.3) is 0 Å². The highest BCUT2D eigenvalue weighted by Gasteiger charge is 2.11. The lowest BCUT2D eigenvalue weighted by molar-refractivity contribution is -0.125. The van der Waals surface area contributed by atoms with Crippen LogP contribution in [0.4, 0.5) is 0 Å². The molecule has 0 aliphatic rings. The van der Waals surface area contributed by atoms with Crippen LogP contribution in [0.1, 0.15) is 11.3 Å². The molecule has 0 unspecified atom stereocenters. The number of furan rings is 1. The van der Waals surface area contributed by atoms with E-state index in [2.05, 4.69) is 10.6 Å². The fraction of sp³-hybridized carbons (Fsp3) is 0.294. The molecular weight excluding hydrogens is 312 g/mol. The Hall–Kier alpha value is -2.96. The van der Waals surface area contributed by atoms with Crippen LogP contribution in [0.2, 0.25) is 0 Å². The van der Waals surface area contributed by atoms with Gasteiger partial charge in [-0.1, -0.05) is 0 Å². The molecule has 24 heavy (non-hydrogen) atoms. The van der Waals surface area contributed by atoms with Crippen molar-refractivity contribution in [3.63, 3.8) is 0 Å². The van der Waals surface area contributed by atoms with Gasteiger partial charge in [0.2, 0.25) is 11.8 Å². The molecule has 0 bridgehead atoms. The second-order valence-electron chi connectivity index (χ2n) is 4.99. The Kier molecular flexibility index (Phi) is 6.24. The average Bonchev–Trinajstić information content (AvgIpc) is 3.11. The molecule has 128 valence electrons. The van der Waals surface area contributed by atoms with Gasteiger partial charge in [0.15, 0.2) is 0 Å². The van der Waals surface area contributed by atoms with Gasteiger partial charge >= 0.3 is 0 Å². The first kappa shape index (κ1) is 17.4. The fourth-order valence-corrected chi connectivity index (χ4v) is 2.10. The third-order valence-corrected chi connectivity index (χ3v) is 3.32. The number of benzene rings is 1. The third-order valence-electron chi connectivity index (χ3n) is 3.32. The minimum atomic E-state index is -0.294. The van der Waals surface area contributed by atoms with Gasteiger partial charge in [-0.3, -0.25) is 9.59 Å². The maximum absolute atomic E-state index is 12.0. The van der Waals surface area contributed by atoms with Crippen molar-refractivity contribution >= 4 is 11.8 Å². The molecule has 0 aliphatic heterocycles. The van der Waals surface area contributed by atoms with Crippen LogP contribution in [0.15, 0.2) is 41.0 Å². The Labute approximate surface area is 139 Å². The van der Waals surface area contributed by atoms with Gasteiger partial charge < -0.3 is 24.5 Å². The second kappa shape index (κ2) is 8.61. The molecule has 0 aliphatic carbocycles. The number of hydrogen-bond donors (Lipinski definition) is 2. The van der Waals surface area contributed by atoms with E-state index in [1.54, 1.807) is 37.4 Å². The molecule has 2 rings (SSSR count). The summed E-state index contributed by atoms with van der Waals surface area (Å²) in [6.45, 7) is 0.178. The molecule has 0 saturated carbocycles. The van der Waals surface area contributed by atoms with Crippen LogP contribution in [0.25, 0.3) is 0 Å². The van der Waals surface area contributed by atoms with Crippen LogP contribution in [0.5, 0.6) is 11.5 Å². The quantitative estimate of drug-likeness (QED) is 0.760. The van der Waals surface area contributed by atoms with E-state index >= 15 is 0 Å². The molecule has 0 fully saturated rings. The number of ether oxygens (including phenoxy) is 2. The van der Waals surface area contributed by atoms with Crippen LogP contribution >= 0.6 is 0 Å². The maximum atomic E-state index is 12.0. The van der Waals surface area contributed by atoms with Crippen molar-refractivity contribution in [2.24, 2.45) is 0 Å². The Bertz CT molecular complexity index is 682. The summed E-state index contributed by atoms with van der Waals surface area (Å²) in [5.74, 6) is 1.30. The highest BCUT2D eigenvalue weighted by molar-refractivity contribution is 5.86. The summed E-state index contributed by atoms with van der Waals surface area (Å²) in [6, 6.07) is 8.72. The summed E-state index contributed by atoms with van der Waals surface area (Å²) in [5.41, 5.74) is 0.686. The zero-order chi connectivity index (χ0) is 17.4. The van der Waals surface area contributed by atoms with Gasteiger partial charge in [0, 0.05) is 5.56 Å². The molecule has 7 heteroatoms. The lowest BCUT2D eigenvalue weighted by Crippen LogP contribution is -2.37. The van der Waals surface area contributed by atoms with E-state index in [4.69, 9.17) is 13.9 Å². The molecule has 1 aromatic heterocycles. The summed E-state index contributed by atoms with van der Waals surface area (Å²) in [7, 11) is 3.08. The Morgan fingerprint density at radius 3 is 2.58 bits per heavy atom. The summed E-state index contributed by atoms with van der Waals surface area (Å²) in [4.78, 5) is 23.7. The van der Waals surface area contributed by atoms with E-state index < -0.39 is 0 Å². The summed E-state index contributed by atoms with van der Waals surface area (Å²) in [5, 5.41) is 5.22. The van der Waals surface area contributed by atoms with E-state index in [0.717, 1.165) is 0 Å². The van der Waals surface area contributed by atoms with Crippen LogP contribution in [-0.4, -0.2) is 32.6 Å². The van der Waals surface area contributed by atoms with Gasteiger partial charge in [-0.05, 0) is 30.3 Å². The van der Waals surface area contributed by atoms with Gasteiger partial charge in [-0.25, -0.2) is 0 Å². The minimum Gasteiger partial charge on any atom is -0.497 e. The maximum Gasteiger partial charge on any atom is 0.239 e. The van der Waals surface area contributed by atoms with Crippen LogP contribution in [0.3, 0.4) is 0 Å². The van der Waals surface area contributed by atoms with E-state index in [1.807, 2.05) is 0 Å². The lowest BCUT2D eigenvalue weighted by atomic mass is 10.1. The van der Waals surface area contributed by atoms with E-state index in [9.17, 15) is 9.59 Å². The number of carbonyl (C=O) groups excluding carboxylic acids is 2. The Balaban J connectivity index is 1.81. The number of carbonyl (C=O) groups is 2. The van der Waals surface area contributed by atoms with Crippen molar-refractivity contribution in [1.82, 2.24) is 10.6 Å². The van der Waals surface area contributed by atoms with E-state index in [-0.39, 0.29) is 31.3 Å². The van der Waals surface area contributed by atoms with Crippen LogP contribution < -0.4 is 20.1 Å². The van der Waals surface area contributed by atoms with Crippen molar-refractivity contribution in [2.45, 2.75) is 13.0 Å². The standard InChI is InChI=1S/C17H20N2O5/c1-22-13-5-6-15(23-2)12(8-13)9-16(20)19-11-17(21)18-10-14-4-3-7-24-14/h3-8H,9-11H2,1-2H3,(H,18,21)(H,19,20). The largest absolute Gasteiger partial charge is 0.497 e. The van der Waals surface area contributed by atoms with Crippen LogP contribution in [0, 0.1) is 0 Å². The van der Waals surface area contributed by atoms with Gasteiger partial charge in [0.05, 0.1) is 40.0 Å². The first-order valence-corrected chi connectivity index (χ1v) is 7.39. The number of nitrogens with one attached hydrogen (secondary N) is 2. The Morgan fingerprint density at radius 2 is 1.92 bits per heavy atom. The molecule has 0 atom stereocenters. The molecule has 7 nitrogen and oxygen atoms in total. The van der Waals surface area contributed by atoms with Gasteiger partial charge in [-0.2, -0.15) is 0 Å². The molecular formula is C17H20N2O5. The van der Waals surface area contributed by atoms with Gasteiger partial charge in [0.1, 0.15) is 17.3 Å². The second-order valence-corrected chi connectivity index (χ2v) is 4.99. The predicted molar refractivity (Wildman–Crippen MR) is 86.8 cm³/mol. The molecule has 0 radical (unpaired) electrons. The molecule has 0 spiro atoms. The lowest BCUT2D eigenvalue weighted by Gasteiger charge is -2.11. The molecule has 2 amide bonds. The number of rotatable bonds is 8. The van der Waals surface area contributed by atoms with Crippen molar-refractivity contribution in [3.05, 3.63) is 47.9 Å². The number of methoxy groups -OCH3 is 2. The normalized spacial score (nSPS) is 10.1. The molecule has 2 N–H and O–H groups in total. The topological polar surface area (TPSA) is 89.8 Å². The predicted octanol–water partition coefficient (Wildman–Crippen LogP) is 1.27. The van der Waals surface area contributed by atoms with Crippen molar-refractivity contribution < 1.29 is 23.5 Å². The van der Waals surface area contributed by atoms with Gasteiger partial charge in [-0.15, -0.1) is 0 Å².